The van der Waals surface area contributed by atoms with Crippen molar-refractivity contribution in [3.05, 3.63) is 81.2 Å². The van der Waals surface area contributed by atoms with Crippen LogP contribution < -0.4 is 10.6 Å². The Bertz CT molecular complexity index is 1240. The van der Waals surface area contributed by atoms with Crippen molar-refractivity contribution < 1.29 is 27.7 Å². The summed E-state index contributed by atoms with van der Waals surface area (Å²) in [5.41, 5.74) is -0.685. The standard InChI is InChI=1S/C21H18F3N5O4/c1-12-19(29(32)33)13(2)28(27-12)11-18(30)26-17-9-4-3-8-16(17)20(31)25-15-7-5-6-14(10-15)21(22,23)24/h3-10H,11H2,1-2H3,(H,25,31)(H,26,30). The second-order valence-corrected chi connectivity index (χ2v) is 7.06. The number of halogens is 3. The van der Waals surface area contributed by atoms with Crippen molar-refractivity contribution in [3.8, 4) is 0 Å². The average molecular weight is 461 g/mol. The van der Waals surface area contributed by atoms with Gasteiger partial charge in [0.05, 0.1) is 21.7 Å². The van der Waals surface area contributed by atoms with Gasteiger partial charge in [0.1, 0.15) is 17.9 Å². The predicted molar refractivity (Wildman–Crippen MR) is 113 cm³/mol. The van der Waals surface area contributed by atoms with Crippen LogP contribution in [0.25, 0.3) is 0 Å². The van der Waals surface area contributed by atoms with Crippen molar-refractivity contribution in [3.63, 3.8) is 0 Å². The SMILES string of the molecule is Cc1nn(CC(=O)Nc2ccccc2C(=O)Nc2cccc(C(F)(F)F)c2)c(C)c1[N+](=O)[O-]. The molecule has 0 radical (unpaired) electrons. The molecule has 0 saturated carbocycles. The highest BCUT2D eigenvalue weighted by Gasteiger charge is 2.30. The van der Waals surface area contributed by atoms with Gasteiger partial charge in [0.2, 0.25) is 5.91 Å². The predicted octanol–water partition coefficient (Wildman–Crippen LogP) is 4.32. The zero-order chi connectivity index (χ0) is 24.3. The van der Waals surface area contributed by atoms with Gasteiger partial charge >= 0.3 is 11.9 Å². The normalized spacial score (nSPS) is 11.2. The monoisotopic (exact) mass is 461 g/mol. The van der Waals surface area contributed by atoms with E-state index in [1.807, 2.05) is 0 Å². The molecule has 0 saturated heterocycles. The van der Waals surface area contributed by atoms with E-state index in [0.29, 0.717) is 0 Å². The fourth-order valence-corrected chi connectivity index (χ4v) is 3.19. The molecule has 0 aliphatic rings. The summed E-state index contributed by atoms with van der Waals surface area (Å²) in [4.78, 5) is 35.7. The van der Waals surface area contributed by atoms with Gasteiger partial charge in [-0.05, 0) is 44.2 Å². The molecule has 1 aromatic heterocycles. The van der Waals surface area contributed by atoms with E-state index < -0.39 is 28.5 Å². The number of rotatable bonds is 6. The van der Waals surface area contributed by atoms with Gasteiger partial charge < -0.3 is 10.6 Å². The Kier molecular flexibility index (Phi) is 6.47. The second-order valence-electron chi connectivity index (χ2n) is 7.06. The van der Waals surface area contributed by atoms with Crippen LogP contribution in [0.2, 0.25) is 0 Å². The summed E-state index contributed by atoms with van der Waals surface area (Å²) in [5.74, 6) is -1.33. The van der Waals surface area contributed by atoms with Gasteiger partial charge in [0, 0.05) is 5.69 Å². The third kappa shape index (κ3) is 5.34. The summed E-state index contributed by atoms with van der Waals surface area (Å²) in [7, 11) is 0. The number of alkyl halides is 3. The minimum absolute atomic E-state index is 0.0163. The number of carbonyl (C=O) groups excluding carboxylic acids is 2. The number of aromatic nitrogens is 2. The van der Waals surface area contributed by atoms with Crippen molar-refractivity contribution in [2.45, 2.75) is 26.6 Å². The molecule has 3 aromatic rings. The van der Waals surface area contributed by atoms with Crippen molar-refractivity contribution in [2.75, 3.05) is 10.6 Å². The Morgan fingerprint density at radius 2 is 1.79 bits per heavy atom. The van der Waals surface area contributed by atoms with Crippen molar-refractivity contribution in [1.82, 2.24) is 9.78 Å². The highest BCUT2D eigenvalue weighted by Crippen LogP contribution is 2.31. The Balaban J connectivity index is 1.77. The van der Waals surface area contributed by atoms with E-state index >= 15 is 0 Å². The minimum atomic E-state index is -4.56. The number of hydrogen-bond donors (Lipinski definition) is 2. The van der Waals surface area contributed by atoms with Gasteiger partial charge in [-0.3, -0.25) is 24.4 Å². The lowest BCUT2D eigenvalue weighted by atomic mass is 10.1. The number of para-hydroxylation sites is 1. The first-order valence-electron chi connectivity index (χ1n) is 9.53. The van der Waals surface area contributed by atoms with Crippen molar-refractivity contribution >= 4 is 28.9 Å². The number of anilines is 2. The molecule has 9 nitrogen and oxygen atoms in total. The van der Waals surface area contributed by atoms with E-state index in [1.165, 1.54) is 48.9 Å². The van der Waals surface area contributed by atoms with E-state index in [1.54, 1.807) is 6.07 Å². The minimum Gasteiger partial charge on any atom is -0.324 e. The quantitative estimate of drug-likeness (QED) is 0.419. The average Bonchev–Trinajstić information content (AvgIpc) is 3.00. The summed E-state index contributed by atoms with van der Waals surface area (Å²) in [6.45, 7) is 2.57. The molecular formula is C21H18F3N5O4. The zero-order valence-corrected chi connectivity index (χ0v) is 17.4. The van der Waals surface area contributed by atoms with Gasteiger partial charge in [-0.1, -0.05) is 18.2 Å². The lowest BCUT2D eigenvalue weighted by molar-refractivity contribution is -0.386. The molecule has 172 valence electrons. The molecule has 0 fully saturated rings. The maximum Gasteiger partial charge on any atom is 0.416 e. The summed E-state index contributed by atoms with van der Waals surface area (Å²) in [6, 6.07) is 10.1. The topological polar surface area (TPSA) is 119 Å². The van der Waals surface area contributed by atoms with Crippen LogP contribution in [0.1, 0.15) is 27.3 Å². The Morgan fingerprint density at radius 1 is 1.09 bits per heavy atom. The van der Waals surface area contributed by atoms with Gasteiger partial charge in [-0.2, -0.15) is 18.3 Å². The number of amides is 2. The lowest BCUT2D eigenvalue weighted by Gasteiger charge is -2.13. The molecule has 0 unspecified atom stereocenters. The van der Waals surface area contributed by atoms with E-state index in [-0.39, 0.29) is 40.6 Å². The zero-order valence-electron chi connectivity index (χ0n) is 17.4. The highest BCUT2D eigenvalue weighted by molar-refractivity contribution is 6.10. The second kappa shape index (κ2) is 9.10. The molecular weight excluding hydrogens is 443 g/mol. The Hall–Kier alpha value is -4.22. The number of benzene rings is 2. The molecule has 33 heavy (non-hydrogen) atoms. The molecule has 0 spiro atoms. The summed E-state index contributed by atoms with van der Waals surface area (Å²) >= 11 is 0. The maximum absolute atomic E-state index is 12.9. The van der Waals surface area contributed by atoms with Crippen LogP contribution in [0.15, 0.2) is 48.5 Å². The number of carbonyl (C=O) groups is 2. The molecule has 0 aliphatic heterocycles. The van der Waals surface area contributed by atoms with E-state index in [0.717, 1.165) is 12.1 Å². The summed E-state index contributed by atoms with van der Waals surface area (Å²) in [6.07, 6.45) is -4.56. The third-order valence-corrected chi connectivity index (χ3v) is 4.71. The summed E-state index contributed by atoms with van der Waals surface area (Å²) < 4.78 is 39.9. The van der Waals surface area contributed by atoms with E-state index in [4.69, 9.17) is 0 Å². The van der Waals surface area contributed by atoms with Crippen LogP contribution in [-0.4, -0.2) is 26.5 Å². The van der Waals surface area contributed by atoms with Crippen LogP contribution in [0.5, 0.6) is 0 Å². The molecule has 0 bridgehead atoms. The number of nitro groups is 1. The van der Waals surface area contributed by atoms with E-state index in [2.05, 4.69) is 15.7 Å². The van der Waals surface area contributed by atoms with Crippen LogP contribution in [-0.2, 0) is 17.5 Å². The molecule has 1 heterocycles. The Labute approximate surface area is 185 Å². The van der Waals surface area contributed by atoms with Gasteiger partial charge in [0.15, 0.2) is 0 Å². The number of nitrogens with one attached hydrogen (secondary N) is 2. The molecule has 3 rings (SSSR count). The van der Waals surface area contributed by atoms with Gasteiger partial charge in [0.25, 0.3) is 5.91 Å². The number of nitrogens with zero attached hydrogens (tertiary/aromatic N) is 3. The third-order valence-electron chi connectivity index (χ3n) is 4.71. The highest BCUT2D eigenvalue weighted by atomic mass is 19.4. The smallest absolute Gasteiger partial charge is 0.324 e. The molecule has 0 atom stereocenters. The molecule has 2 N–H and O–H groups in total. The fraction of sp³-hybridized carbons (Fsp3) is 0.190. The molecule has 12 heteroatoms. The molecule has 0 aliphatic carbocycles. The fourth-order valence-electron chi connectivity index (χ4n) is 3.19. The van der Waals surface area contributed by atoms with Crippen LogP contribution in [0.4, 0.5) is 30.2 Å². The van der Waals surface area contributed by atoms with Crippen molar-refractivity contribution in [1.29, 1.82) is 0 Å². The molecule has 2 aromatic carbocycles. The van der Waals surface area contributed by atoms with E-state index in [9.17, 15) is 32.9 Å². The number of aryl methyl sites for hydroxylation is 1. The van der Waals surface area contributed by atoms with Gasteiger partial charge in [-0.25, -0.2) is 0 Å². The lowest BCUT2D eigenvalue weighted by Crippen LogP contribution is -2.23. The first-order chi connectivity index (χ1) is 15.5. The first kappa shape index (κ1) is 23.4. The largest absolute Gasteiger partial charge is 0.416 e. The van der Waals surface area contributed by atoms with Gasteiger partial charge in [-0.15, -0.1) is 0 Å². The van der Waals surface area contributed by atoms with Crippen LogP contribution in [0.3, 0.4) is 0 Å². The summed E-state index contributed by atoms with van der Waals surface area (Å²) in [5, 5.41) is 20.0. The first-order valence-corrected chi connectivity index (χ1v) is 9.53. The number of hydrogen-bond acceptors (Lipinski definition) is 5. The van der Waals surface area contributed by atoms with Crippen molar-refractivity contribution in [2.24, 2.45) is 0 Å². The Morgan fingerprint density at radius 3 is 2.42 bits per heavy atom. The maximum atomic E-state index is 12.9. The molecule has 2 amide bonds. The van der Waals surface area contributed by atoms with Crippen LogP contribution >= 0.6 is 0 Å². The van der Waals surface area contributed by atoms with Crippen LogP contribution in [0, 0.1) is 24.0 Å².